The summed E-state index contributed by atoms with van der Waals surface area (Å²) in [4.78, 5) is 12.3. The van der Waals surface area contributed by atoms with Crippen LogP contribution in [0.5, 0.6) is 0 Å². The summed E-state index contributed by atoms with van der Waals surface area (Å²) in [6, 6.07) is 14.8. The van der Waals surface area contributed by atoms with Crippen molar-refractivity contribution in [2.45, 2.75) is 11.8 Å². The minimum absolute atomic E-state index is 0.363. The smallest absolute Gasteiger partial charge is 0.236 e. The van der Waals surface area contributed by atoms with Gasteiger partial charge in [0.15, 0.2) is 11.0 Å². The van der Waals surface area contributed by atoms with E-state index in [-0.39, 0.29) is 5.91 Å². The Balaban J connectivity index is 2.41. The van der Waals surface area contributed by atoms with Crippen LogP contribution in [-0.4, -0.2) is 10.1 Å². The molecule has 1 amide bonds. The van der Waals surface area contributed by atoms with Crippen LogP contribution >= 0.6 is 11.6 Å². The molecule has 1 atom stereocenters. The Morgan fingerprint density at radius 3 is 2.43 bits per heavy atom. The molecule has 0 aliphatic carbocycles. The molecule has 0 spiro atoms. The fraction of sp³-hybridized carbons (Fsp3) is 0.0667. The van der Waals surface area contributed by atoms with Crippen LogP contribution in [0.15, 0.2) is 53.4 Å². The SMILES string of the molecule is CC(=O)N(c1ccc(C#N)cc1)S(=O)c1cccc(Cl)c1. The van der Waals surface area contributed by atoms with Crippen LogP contribution < -0.4 is 4.31 Å². The fourth-order valence-corrected chi connectivity index (χ4v) is 3.18. The van der Waals surface area contributed by atoms with E-state index in [2.05, 4.69) is 0 Å². The van der Waals surface area contributed by atoms with E-state index in [1.54, 1.807) is 48.5 Å². The topological polar surface area (TPSA) is 61.2 Å². The van der Waals surface area contributed by atoms with Crippen molar-refractivity contribution in [3.8, 4) is 6.07 Å². The summed E-state index contributed by atoms with van der Waals surface area (Å²) in [5, 5.41) is 9.24. The number of hydrogen-bond acceptors (Lipinski definition) is 3. The van der Waals surface area contributed by atoms with Crippen molar-refractivity contribution in [2.75, 3.05) is 4.31 Å². The van der Waals surface area contributed by atoms with Crippen molar-refractivity contribution in [2.24, 2.45) is 0 Å². The van der Waals surface area contributed by atoms with Crippen LogP contribution in [0.4, 0.5) is 5.69 Å². The summed E-state index contributed by atoms with van der Waals surface area (Å²) in [5.41, 5.74) is 0.926. The standard InChI is InChI=1S/C15H11ClN2O2S/c1-11(19)18(14-7-5-12(10-17)6-8-14)21(20)15-4-2-3-13(16)9-15/h2-9H,1H3. The molecule has 2 rings (SSSR count). The van der Waals surface area contributed by atoms with Gasteiger partial charge in [-0.15, -0.1) is 0 Å². The van der Waals surface area contributed by atoms with Gasteiger partial charge < -0.3 is 0 Å². The second kappa shape index (κ2) is 6.53. The van der Waals surface area contributed by atoms with Crippen molar-refractivity contribution < 1.29 is 9.00 Å². The third-order valence-corrected chi connectivity index (χ3v) is 4.37. The first kappa shape index (κ1) is 15.2. The summed E-state index contributed by atoms with van der Waals surface area (Å²) in [6.45, 7) is 1.33. The first-order chi connectivity index (χ1) is 10.0. The number of nitrogens with zero attached hydrogens (tertiary/aromatic N) is 2. The van der Waals surface area contributed by atoms with Gasteiger partial charge in [0, 0.05) is 11.9 Å². The number of carbonyl (C=O) groups is 1. The summed E-state index contributed by atoms with van der Waals surface area (Å²) < 4.78 is 13.7. The van der Waals surface area contributed by atoms with E-state index in [1.807, 2.05) is 6.07 Å². The predicted molar refractivity (Wildman–Crippen MR) is 82.2 cm³/mol. The number of hydrogen-bond donors (Lipinski definition) is 0. The maximum Gasteiger partial charge on any atom is 0.236 e. The molecule has 0 aliphatic heterocycles. The molecule has 0 bridgehead atoms. The highest BCUT2D eigenvalue weighted by Crippen LogP contribution is 2.23. The van der Waals surface area contributed by atoms with Gasteiger partial charge in [-0.1, -0.05) is 17.7 Å². The largest absolute Gasteiger partial charge is 0.274 e. The van der Waals surface area contributed by atoms with E-state index in [0.717, 1.165) is 4.31 Å². The molecule has 0 saturated carbocycles. The lowest BCUT2D eigenvalue weighted by Crippen LogP contribution is -2.30. The third kappa shape index (κ3) is 3.48. The first-order valence-corrected chi connectivity index (χ1v) is 7.49. The highest BCUT2D eigenvalue weighted by atomic mass is 35.5. The minimum atomic E-state index is -1.70. The van der Waals surface area contributed by atoms with Gasteiger partial charge in [-0.05, 0) is 42.5 Å². The number of benzene rings is 2. The first-order valence-electron chi connectivity index (χ1n) is 6.01. The predicted octanol–water partition coefficient (Wildman–Crippen LogP) is 3.29. The molecular weight excluding hydrogens is 308 g/mol. The van der Waals surface area contributed by atoms with Crippen LogP contribution in [0.2, 0.25) is 5.02 Å². The molecule has 0 aromatic heterocycles. The molecule has 0 radical (unpaired) electrons. The van der Waals surface area contributed by atoms with Gasteiger partial charge >= 0.3 is 0 Å². The maximum atomic E-state index is 12.6. The Morgan fingerprint density at radius 2 is 1.90 bits per heavy atom. The second-order valence-electron chi connectivity index (χ2n) is 4.18. The van der Waals surface area contributed by atoms with Gasteiger partial charge in [0.2, 0.25) is 5.91 Å². The number of halogens is 1. The maximum absolute atomic E-state index is 12.6. The number of rotatable bonds is 3. The van der Waals surface area contributed by atoms with E-state index < -0.39 is 11.0 Å². The molecule has 2 aromatic carbocycles. The Bertz CT molecular complexity index is 738. The number of amides is 1. The van der Waals surface area contributed by atoms with Crippen molar-refractivity contribution in [3.05, 3.63) is 59.1 Å². The molecule has 2 aromatic rings. The van der Waals surface area contributed by atoms with Crippen LogP contribution in [-0.2, 0) is 15.8 Å². The highest BCUT2D eigenvalue weighted by Gasteiger charge is 2.20. The highest BCUT2D eigenvalue weighted by molar-refractivity contribution is 7.87. The number of nitriles is 1. The normalized spacial score (nSPS) is 11.5. The van der Waals surface area contributed by atoms with Crippen LogP contribution in [0.25, 0.3) is 0 Å². The van der Waals surface area contributed by atoms with Gasteiger partial charge in [-0.3, -0.25) is 4.79 Å². The number of carbonyl (C=O) groups excluding carboxylic acids is 1. The average Bonchev–Trinajstić information content (AvgIpc) is 2.47. The molecule has 1 unspecified atom stereocenters. The summed E-state index contributed by atoms with van der Waals surface area (Å²) in [6.07, 6.45) is 0. The average molecular weight is 319 g/mol. The minimum Gasteiger partial charge on any atom is -0.274 e. The Labute approximate surface area is 130 Å². The lowest BCUT2D eigenvalue weighted by Gasteiger charge is -2.20. The molecule has 21 heavy (non-hydrogen) atoms. The Kier molecular flexibility index (Phi) is 4.73. The summed E-state index contributed by atoms with van der Waals surface area (Å²) in [7, 11) is -1.70. The van der Waals surface area contributed by atoms with E-state index in [1.165, 1.54) is 6.92 Å². The molecular formula is C15H11ClN2O2S. The molecule has 4 nitrogen and oxygen atoms in total. The lowest BCUT2D eigenvalue weighted by atomic mass is 10.2. The molecule has 6 heteroatoms. The van der Waals surface area contributed by atoms with Crippen LogP contribution in [0.3, 0.4) is 0 Å². The van der Waals surface area contributed by atoms with Gasteiger partial charge in [0.05, 0.1) is 22.2 Å². The van der Waals surface area contributed by atoms with Crippen molar-refractivity contribution in [1.82, 2.24) is 0 Å². The summed E-state index contributed by atoms with van der Waals surface area (Å²) in [5.74, 6) is -0.363. The monoisotopic (exact) mass is 318 g/mol. The lowest BCUT2D eigenvalue weighted by molar-refractivity contribution is -0.115. The van der Waals surface area contributed by atoms with E-state index in [9.17, 15) is 9.00 Å². The van der Waals surface area contributed by atoms with E-state index in [0.29, 0.717) is 21.2 Å². The molecule has 0 fully saturated rings. The van der Waals surface area contributed by atoms with Gasteiger partial charge in [-0.2, -0.15) is 5.26 Å². The van der Waals surface area contributed by atoms with E-state index in [4.69, 9.17) is 16.9 Å². The molecule has 0 N–H and O–H groups in total. The third-order valence-electron chi connectivity index (χ3n) is 2.68. The van der Waals surface area contributed by atoms with Crippen molar-refractivity contribution >= 4 is 34.2 Å². The number of anilines is 1. The molecule has 0 heterocycles. The molecule has 0 saturated heterocycles. The Hall–Kier alpha value is -2.16. The van der Waals surface area contributed by atoms with Crippen LogP contribution in [0.1, 0.15) is 12.5 Å². The van der Waals surface area contributed by atoms with Crippen molar-refractivity contribution in [3.63, 3.8) is 0 Å². The zero-order valence-electron chi connectivity index (χ0n) is 11.1. The van der Waals surface area contributed by atoms with Crippen molar-refractivity contribution in [1.29, 1.82) is 5.26 Å². The quantitative estimate of drug-likeness (QED) is 0.872. The fourth-order valence-electron chi connectivity index (χ4n) is 1.75. The second-order valence-corrected chi connectivity index (χ2v) is 5.95. The van der Waals surface area contributed by atoms with E-state index >= 15 is 0 Å². The zero-order chi connectivity index (χ0) is 15.4. The zero-order valence-corrected chi connectivity index (χ0v) is 12.7. The van der Waals surface area contributed by atoms with Gasteiger partial charge in [0.25, 0.3) is 0 Å². The van der Waals surface area contributed by atoms with Crippen LogP contribution in [0, 0.1) is 11.3 Å². The van der Waals surface area contributed by atoms with Gasteiger partial charge in [0.1, 0.15) is 0 Å². The van der Waals surface area contributed by atoms with Gasteiger partial charge in [-0.25, -0.2) is 8.51 Å². The molecule has 106 valence electrons. The summed E-state index contributed by atoms with van der Waals surface area (Å²) >= 11 is 5.88. The molecule has 0 aliphatic rings. The Morgan fingerprint density at radius 1 is 1.24 bits per heavy atom.